The number of amides is 1. The number of nitrogens with zero attached hydrogens (tertiary/aromatic N) is 1. The molecule has 1 N–H and O–H groups in total. The molecule has 1 atom stereocenters. The van der Waals surface area contributed by atoms with Crippen molar-refractivity contribution in [1.29, 1.82) is 0 Å². The second-order valence-electron chi connectivity index (χ2n) is 6.09. The predicted octanol–water partition coefficient (Wildman–Crippen LogP) is 4.56. The Morgan fingerprint density at radius 2 is 2.20 bits per heavy atom. The van der Waals surface area contributed by atoms with Gasteiger partial charge in [-0.3, -0.25) is 4.79 Å². The van der Waals surface area contributed by atoms with Gasteiger partial charge in [-0.2, -0.15) is 11.8 Å². The number of thiophene rings is 1. The highest BCUT2D eigenvalue weighted by atomic mass is 32.2. The average molecular weight is 373 g/mol. The molecule has 25 heavy (non-hydrogen) atoms. The molecule has 1 amide bonds. The van der Waals surface area contributed by atoms with Crippen LogP contribution in [0.25, 0.3) is 10.9 Å². The number of ether oxygens (including phenoxy) is 1. The number of rotatable bonds is 3. The molecule has 0 saturated carbocycles. The van der Waals surface area contributed by atoms with Gasteiger partial charge in [-0.15, -0.1) is 11.3 Å². The van der Waals surface area contributed by atoms with Crippen LogP contribution in [-0.2, 0) is 0 Å². The molecule has 3 heterocycles. The van der Waals surface area contributed by atoms with E-state index in [9.17, 15) is 4.79 Å². The number of fused-ring (bicyclic) bond motifs is 1. The Bertz CT molecular complexity index is 873. The molecule has 4 rings (SSSR count). The third-order valence-electron chi connectivity index (χ3n) is 4.55. The van der Waals surface area contributed by atoms with Crippen LogP contribution in [0, 0.1) is 0 Å². The van der Waals surface area contributed by atoms with Crippen molar-refractivity contribution in [2.75, 3.05) is 26.0 Å². The van der Waals surface area contributed by atoms with E-state index in [2.05, 4.69) is 22.5 Å². The fourth-order valence-electron chi connectivity index (χ4n) is 3.19. The number of hydrogen-bond acceptors (Lipinski definition) is 4. The summed E-state index contributed by atoms with van der Waals surface area (Å²) in [6.07, 6.45) is 1.00. The molecule has 2 aromatic heterocycles. The third-order valence-corrected chi connectivity index (χ3v) is 6.99. The van der Waals surface area contributed by atoms with Crippen molar-refractivity contribution >= 4 is 39.9 Å². The number of H-pyrrole nitrogens is 1. The monoisotopic (exact) mass is 372 g/mol. The minimum absolute atomic E-state index is 0.0857. The number of methoxy groups -OCH3 is 1. The minimum atomic E-state index is 0.0857. The molecule has 6 heteroatoms. The summed E-state index contributed by atoms with van der Waals surface area (Å²) in [5.41, 5.74) is 1.59. The van der Waals surface area contributed by atoms with Gasteiger partial charge in [0, 0.05) is 45.9 Å². The Hall–Kier alpha value is -1.92. The van der Waals surface area contributed by atoms with E-state index >= 15 is 0 Å². The van der Waals surface area contributed by atoms with Crippen molar-refractivity contribution in [1.82, 2.24) is 9.88 Å². The van der Waals surface area contributed by atoms with Gasteiger partial charge < -0.3 is 14.6 Å². The van der Waals surface area contributed by atoms with Gasteiger partial charge >= 0.3 is 0 Å². The third kappa shape index (κ3) is 3.41. The number of benzene rings is 1. The molecule has 3 aromatic rings. The van der Waals surface area contributed by atoms with Gasteiger partial charge in [0.2, 0.25) is 0 Å². The SMILES string of the molecule is COc1ccc2cc(C(=O)N3CCSC(c4cccs4)CC3)[nH]c2c1. The van der Waals surface area contributed by atoms with Crippen molar-refractivity contribution in [2.24, 2.45) is 0 Å². The lowest BCUT2D eigenvalue weighted by Gasteiger charge is -2.19. The number of aromatic nitrogens is 1. The molecule has 1 fully saturated rings. The van der Waals surface area contributed by atoms with Gasteiger partial charge in [0.15, 0.2) is 0 Å². The molecule has 1 saturated heterocycles. The number of thioether (sulfide) groups is 1. The summed E-state index contributed by atoms with van der Waals surface area (Å²) in [6.45, 7) is 1.59. The van der Waals surface area contributed by atoms with Crippen molar-refractivity contribution in [3.05, 3.63) is 52.3 Å². The maximum atomic E-state index is 12.9. The normalized spacial score (nSPS) is 18.3. The van der Waals surface area contributed by atoms with Crippen molar-refractivity contribution in [3.8, 4) is 5.75 Å². The predicted molar refractivity (Wildman–Crippen MR) is 105 cm³/mol. The number of aromatic amines is 1. The standard InChI is InChI=1S/C19H20N2O2S2/c1-23-14-5-4-13-11-16(20-15(13)12-14)19(22)21-7-6-18(25-10-8-21)17-3-2-9-24-17/h2-5,9,11-12,18,20H,6-8,10H2,1H3. The number of carbonyl (C=O) groups excluding carboxylic acids is 1. The van der Waals surface area contributed by atoms with Crippen molar-refractivity contribution < 1.29 is 9.53 Å². The van der Waals surface area contributed by atoms with Crippen LogP contribution < -0.4 is 4.74 Å². The zero-order valence-electron chi connectivity index (χ0n) is 14.0. The average Bonchev–Trinajstić information content (AvgIpc) is 3.25. The zero-order chi connectivity index (χ0) is 17.2. The number of hydrogen-bond donors (Lipinski definition) is 1. The van der Waals surface area contributed by atoms with E-state index in [-0.39, 0.29) is 5.91 Å². The molecular weight excluding hydrogens is 352 g/mol. The summed E-state index contributed by atoms with van der Waals surface area (Å²) in [5.74, 6) is 1.85. The van der Waals surface area contributed by atoms with Gasteiger partial charge in [0.1, 0.15) is 11.4 Å². The van der Waals surface area contributed by atoms with E-state index in [1.807, 2.05) is 52.3 Å². The maximum Gasteiger partial charge on any atom is 0.270 e. The molecule has 0 bridgehead atoms. The summed E-state index contributed by atoms with van der Waals surface area (Å²) < 4.78 is 5.25. The smallest absolute Gasteiger partial charge is 0.270 e. The quantitative estimate of drug-likeness (QED) is 0.733. The van der Waals surface area contributed by atoms with Gasteiger partial charge in [-0.1, -0.05) is 6.07 Å². The van der Waals surface area contributed by atoms with Crippen LogP contribution in [0.1, 0.15) is 27.0 Å². The molecule has 1 aromatic carbocycles. The summed E-state index contributed by atoms with van der Waals surface area (Å²) in [7, 11) is 1.65. The summed E-state index contributed by atoms with van der Waals surface area (Å²) >= 11 is 3.77. The molecule has 1 unspecified atom stereocenters. The molecule has 0 aliphatic carbocycles. The Balaban J connectivity index is 1.50. The molecule has 0 radical (unpaired) electrons. The van der Waals surface area contributed by atoms with Crippen LogP contribution >= 0.6 is 23.1 Å². The second-order valence-corrected chi connectivity index (χ2v) is 8.38. The molecule has 4 nitrogen and oxygen atoms in total. The fourth-order valence-corrected chi connectivity index (χ4v) is 5.43. The summed E-state index contributed by atoms with van der Waals surface area (Å²) in [4.78, 5) is 19.6. The highest BCUT2D eigenvalue weighted by molar-refractivity contribution is 7.99. The van der Waals surface area contributed by atoms with Crippen LogP contribution in [0.5, 0.6) is 5.75 Å². The van der Waals surface area contributed by atoms with E-state index in [4.69, 9.17) is 4.74 Å². The summed E-state index contributed by atoms with van der Waals surface area (Å²) in [5, 5.41) is 3.66. The van der Waals surface area contributed by atoms with E-state index in [1.54, 1.807) is 7.11 Å². The fraction of sp³-hybridized carbons (Fsp3) is 0.316. The number of carbonyl (C=O) groups is 1. The van der Waals surface area contributed by atoms with Gasteiger partial charge in [0.05, 0.1) is 7.11 Å². The summed E-state index contributed by atoms with van der Waals surface area (Å²) in [6, 6.07) is 12.1. The highest BCUT2D eigenvalue weighted by Gasteiger charge is 2.24. The van der Waals surface area contributed by atoms with Crippen LogP contribution in [-0.4, -0.2) is 41.7 Å². The van der Waals surface area contributed by atoms with Gasteiger partial charge in [-0.05, 0) is 36.1 Å². The largest absolute Gasteiger partial charge is 0.497 e. The van der Waals surface area contributed by atoms with E-state index in [0.29, 0.717) is 10.9 Å². The van der Waals surface area contributed by atoms with E-state index in [0.717, 1.165) is 41.9 Å². The zero-order valence-corrected chi connectivity index (χ0v) is 15.7. The lowest BCUT2D eigenvalue weighted by Crippen LogP contribution is -2.33. The highest BCUT2D eigenvalue weighted by Crippen LogP contribution is 2.37. The van der Waals surface area contributed by atoms with E-state index < -0.39 is 0 Å². The number of nitrogens with one attached hydrogen (secondary N) is 1. The lowest BCUT2D eigenvalue weighted by atomic mass is 10.2. The first-order valence-corrected chi connectivity index (χ1v) is 10.3. The Kier molecular flexibility index (Phi) is 4.72. The van der Waals surface area contributed by atoms with Gasteiger partial charge in [-0.25, -0.2) is 0 Å². The lowest BCUT2D eigenvalue weighted by molar-refractivity contribution is 0.0762. The maximum absolute atomic E-state index is 12.9. The minimum Gasteiger partial charge on any atom is -0.497 e. The van der Waals surface area contributed by atoms with Crippen LogP contribution in [0.2, 0.25) is 0 Å². The van der Waals surface area contributed by atoms with Gasteiger partial charge in [0.25, 0.3) is 5.91 Å². The topological polar surface area (TPSA) is 45.3 Å². The molecule has 130 valence electrons. The first-order chi connectivity index (χ1) is 12.2. The Morgan fingerprint density at radius 3 is 3.00 bits per heavy atom. The second kappa shape index (κ2) is 7.14. The Morgan fingerprint density at radius 1 is 1.28 bits per heavy atom. The molecule has 0 spiro atoms. The Labute approximate surface area is 155 Å². The van der Waals surface area contributed by atoms with E-state index in [1.165, 1.54) is 4.88 Å². The molecule has 1 aliphatic rings. The molecular formula is C19H20N2O2S2. The van der Waals surface area contributed by atoms with Crippen molar-refractivity contribution in [3.63, 3.8) is 0 Å². The first-order valence-electron chi connectivity index (χ1n) is 8.35. The van der Waals surface area contributed by atoms with Crippen molar-refractivity contribution in [2.45, 2.75) is 11.7 Å². The van der Waals surface area contributed by atoms with Crippen LogP contribution in [0.15, 0.2) is 41.8 Å². The van der Waals surface area contributed by atoms with Crippen LogP contribution in [0.3, 0.4) is 0 Å². The van der Waals surface area contributed by atoms with Crippen LogP contribution in [0.4, 0.5) is 0 Å². The molecule has 1 aliphatic heterocycles. The first kappa shape index (κ1) is 16.5.